The first-order valence-corrected chi connectivity index (χ1v) is 10.4. The number of hydrogen-bond donors (Lipinski definition) is 1. The predicted octanol–water partition coefficient (Wildman–Crippen LogP) is 2.64. The summed E-state index contributed by atoms with van der Waals surface area (Å²) in [6, 6.07) is 5.95. The van der Waals surface area contributed by atoms with Gasteiger partial charge in [0.2, 0.25) is 10.2 Å². The first kappa shape index (κ1) is 17.9. The summed E-state index contributed by atoms with van der Waals surface area (Å²) < 4.78 is 37.9. The van der Waals surface area contributed by atoms with E-state index in [0.29, 0.717) is 15.9 Å². The van der Waals surface area contributed by atoms with Crippen LogP contribution in [0.4, 0.5) is 5.13 Å². The van der Waals surface area contributed by atoms with Crippen molar-refractivity contribution in [2.75, 3.05) is 5.32 Å². The molecule has 0 spiro atoms. The summed E-state index contributed by atoms with van der Waals surface area (Å²) in [4.78, 5) is 12.2. The van der Waals surface area contributed by atoms with Crippen LogP contribution in [-0.4, -0.2) is 34.9 Å². The third kappa shape index (κ3) is 3.80. The average Bonchev–Trinajstić information content (AvgIpc) is 3.06. The van der Waals surface area contributed by atoms with Gasteiger partial charge in [-0.3, -0.25) is 10.1 Å². The maximum Gasteiger partial charge on any atom is 0.293 e. The van der Waals surface area contributed by atoms with E-state index in [1.54, 1.807) is 19.1 Å². The first-order chi connectivity index (χ1) is 12.9. The Morgan fingerprint density at radius 3 is 2.78 bits per heavy atom. The van der Waals surface area contributed by atoms with E-state index < -0.39 is 15.9 Å². The molecule has 1 N–H and O–H groups in total. The summed E-state index contributed by atoms with van der Waals surface area (Å²) >= 11 is 1.21. The van der Waals surface area contributed by atoms with E-state index in [1.165, 1.54) is 34.0 Å². The lowest BCUT2D eigenvalue weighted by Crippen LogP contribution is -2.32. The number of sulfonamides is 1. The molecule has 142 valence electrons. The van der Waals surface area contributed by atoms with E-state index in [0.717, 1.165) is 12.8 Å². The number of carbonyl (C=O) groups is 1. The zero-order chi connectivity index (χ0) is 19.0. The predicted molar refractivity (Wildman–Crippen MR) is 95.8 cm³/mol. The van der Waals surface area contributed by atoms with Crippen molar-refractivity contribution in [1.82, 2.24) is 14.5 Å². The molecule has 0 atom stereocenters. The van der Waals surface area contributed by atoms with Crippen LogP contribution in [-0.2, 0) is 16.6 Å². The van der Waals surface area contributed by atoms with Crippen molar-refractivity contribution < 1.29 is 22.0 Å². The number of aromatic nitrogens is 2. The number of carbonyl (C=O) groups excluding carboxylic acids is 1. The molecule has 0 aromatic carbocycles. The van der Waals surface area contributed by atoms with Crippen LogP contribution in [0.3, 0.4) is 0 Å². The van der Waals surface area contributed by atoms with E-state index >= 15 is 0 Å². The molecule has 3 aromatic heterocycles. The van der Waals surface area contributed by atoms with Crippen molar-refractivity contribution in [1.29, 1.82) is 0 Å². The summed E-state index contributed by atoms with van der Waals surface area (Å²) in [5.41, 5.74) is 0. The molecule has 11 heteroatoms. The Labute approximate surface area is 159 Å². The number of furan rings is 2. The minimum absolute atomic E-state index is 0.0909. The molecule has 0 radical (unpaired) electrons. The van der Waals surface area contributed by atoms with Gasteiger partial charge >= 0.3 is 0 Å². The van der Waals surface area contributed by atoms with E-state index in [-0.39, 0.29) is 23.4 Å². The molecule has 9 nitrogen and oxygen atoms in total. The standard InChI is InChI=1S/C16H16N4O5S2/c1-10-18-19-16(26-10)17-15(21)13-6-7-14(25-13)27(22,23)20(11-4-5-11)9-12-3-2-8-24-12/h2-3,6-8,11H,4-5,9H2,1H3,(H,17,19,21). The van der Waals surface area contributed by atoms with E-state index in [4.69, 9.17) is 8.83 Å². The molecule has 1 aliphatic rings. The van der Waals surface area contributed by atoms with Gasteiger partial charge in [-0.25, -0.2) is 8.42 Å². The maximum absolute atomic E-state index is 13.0. The molecule has 3 heterocycles. The van der Waals surface area contributed by atoms with E-state index in [2.05, 4.69) is 15.5 Å². The Morgan fingerprint density at radius 2 is 2.15 bits per heavy atom. The fourth-order valence-electron chi connectivity index (χ4n) is 2.53. The molecule has 0 saturated heterocycles. The maximum atomic E-state index is 13.0. The van der Waals surface area contributed by atoms with Crippen LogP contribution in [0.1, 0.15) is 34.2 Å². The second-order valence-electron chi connectivity index (χ2n) is 6.06. The quantitative estimate of drug-likeness (QED) is 0.638. The van der Waals surface area contributed by atoms with Gasteiger partial charge in [0.15, 0.2) is 5.76 Å². The second kappa shape index (κ2) is 6.91. The third-order valence-electron chi connectivity index (χ3n) is 3.96. The molecule has 1 amide bonds. The lowest BCUT2D eigenvalue weighted by molar-refractivity contribution is 0.0991. The number of anilines is 1. The highest BCUT2D eigenvalue weighted by Gasteiger charge is 2.40. The number of aryl methyl sites for hydroxylation is 1. The molecule has 1 saturated carbocycles. The molecule has 3 aromatic rings. The monoisotopic (exact) mass is 408 g/mol. The minimum Gasteiger partial charge on any atom is -0.468 e. The summed E-state index contributed by atoms with van der Waals surface area (Å²) in [5.74, 6) is -0.159. The van der Waals surface area contributed by atoms with Crippen LogP contribution >= 0.6 is 11.3 Å². The van der Waals surface area contributed by atoms with Gasteiger partial charge in [0, 0.05) is 6.04 Å². The van der Waals surface area contributed by atoms with Crippen LogP contribution in [0, 0.1) is 6.92 Å². The number of rotatable bonds is 7. The van der Waals surface area contributed by atoms with Crippen molar-refractivity contribution in [3.05, 3.63) is 47.1 Å². The van der Waals surface area contributed by atoms with Crippen LogP contribution in [0.5, 0.6) is 0 Å². The van der Waals surface area contributed by atoms with Crippen LogP contribution in [0.2, 0.25) is 0 Å². The van der Waals surface area contributed by atoms with E-state index in [1.807, 2.05) is 0 Å². The van der Waals surface area contributed by atoms with Gasteiger partial charge in [0.1, 0.15) is 10.8 Å². The molecular formula is C16H16N4O5S2. The molecule has 0 aliphatic heterocycles. The number of nitrogens with zero attached hydrogens (tertiary/aromatic N) is 3. The molecule has 27 heavy (non-hydrogen) atoms. The lowest BCUT2D eigenvalue weighted by Gasteiger charge is -2.19. The minimum atomic E-state index is -3.89. The number of amides is 1. The van der Waals surface area contributed by atoms with Crippen molar-refractivity contribution >= 4 is 32.4 Å². The Hall–Kier alpha value is -2.50. The Bertz CT molecular complexity index is 1050. The van der Waals surface area contributed by atoms with Crippen molar-refractivity contribution in [3.63, 3.8) is 0 Å². The average molecular weight is 408 g/mol. The zero-order valence-corrected chi connectivity index (χ0v) is 15.9. The first-order valence-electron chi connectivity index (χ1n) is 8.19. The Morgan fingerprint density at radius 1 is 1.33 bits per heavy atom. The van der Waals surface area contributed by atoms with Crippen LogP contribution < -0.4 is 5.32 Å². The summed E-state index contributed by atoms with van der Waals surface area (Å²) in [5, 5.41) is 10.9. The second-order valence-corrected chi connectivity index (χ2v) is 9.06. The van der Waals surface area contributed by atoms with Crippen molar-refractivity contribution in [3.8, 4) is 0 Å². The zero-order valence-electron chi connectivity index (χ0n) is 14.3. The van der Waals surface area contributed by atoms with Gasteiger partial charge in [-0.1, -0.05) is 11.3 Å². The lowest BCUT2D eigenvalue weighted by atomic mass is 10.4. The number of hydrogen-bond acceptors (Lipinski definition) is 8. The Kier molecular flexibility index (Phi) is 4.58. The summed E-state index contributed by atoms with van der Waals surface area (Å²) in [7, 11) is -3.89. The van der Waals surface area contributed by atoms with Gasteiger partial charge in [-0.15, -0.1) is 10.2 Å². The highest BCUT2D eigenvalue weighted by atomic mass is 32.2. The smallest absolute Gasteiger partial charge is 0.293 e. The largest absolute Gasteiger partial charge is 0.468 e. The number of nitrogens with one attached hydrogen (secondary N) is 1. The highest BCUT2D eigenvalue weighted by Crippen LogP contribution is 2.34. The third-order valence-corrected chi connectivity index (χ3v) is 6.49. The molecule has 0 bridgehead atoms. The molecule has 1 aliphatic carbocycles. The summed E-state index contributed by atoms with van der Waals surface area (Å²) in [6.07, 6.45) is 3.06. The van der Waals surface area contributed by atoms with Gasteiger partial charge in [-0.05, 0) is 44.0 Å². The highest BCUT2D eigenvalue weighted by molar-refractivity contribution is 7.89. The molecule has 0 unspecified atom stereocenters. The molecular weight excluding hydrogens is 392 g/mol. The topological polar surface area (TPSA) is 119 Å². The summed E-state index contributed by atoms with van der Waals surface area (Å²) in [6.45, 7) is 1.88. The van der Waals surface area contributed by atoms with Crippen LogP contribution in [0.25, 0.3) is 0 Å². The SMILES string of the molecule is Cc1nnc(NC(=O)c2ccc(S(=O)(=O)N(Cc3ccco3)C3CC3)o2)s1. The van der Waals surface area contributed by atoms with Gasteiger partial charge < -0.3 is 8.83 Å². The van der Waals surface area contributed by atoms with Gasteiger partial charge in [0.05, 0.1) is 12.8 Å². The molecule has 1 fully saturated rings. The fourth-order valence-corrected chi connectivity index (χ4v) is 4.68. The van der Waals surface area contributed by atoms with Crippen molar-refractivity contribution in [2.24, 2.45) is 0 Å². The molecule has 4 rings (SSSR count). The van der Waals surface area contributed by atoms with Gasteiger partial charge in [-0.2, -0.15) is 4.31 Å². The Balaban J connectivity index is 1.54. The fraction of sp³-hybridized carbons (Fsp3) is 0.312. The van der Waals surface area contributed by atoms with Crippen molar-refractivity contribution in [2.45, 2.75) is 37.4 Å². The normalized spacial score (nSPS) is 14.6. The van der Waals surface area contributed by atoms with Crippen LogP contribution in [0.15, 0.2) is 44.5 Å². The van der Waals surface area contributed by atoms with Gasteiger partial charge in [0.25, 0.3) is 15.9 Å². The van der Waals surface area contributed by atoms with E-state index in [9.17, 15) is 13.2 Å².